The quantitative estimate of drug-likeness (QED) is 0.377. The zero-order chi connectivity index (χ0) is 24.4. The summed E-state index contributed by atoms with van der Waals surface area (Å²) in [6, 6.07) is 14.1. The van der Waals surface area contributed by atoms with Crippen LogP contribution < -0.4 is 10.6 Å². The number of aliphatic hydroxyl groups is 1. The number of carbonyl (C=O) groups is 4. The lowest BCUT2D eigenvalue weighted by atomic mass is 9.98. The molecule has 9 nitrogen and oxygen atoms in total. The lowest BCUT2D eigenvalue weighted by Crippen LogP contribution is -2.50. The first-order valence-electron chi connectivity index (χ1n) is 10.5. The van der Waals surface area contributed by atoms with Crippen LogP contribution >= 0.6 is 0 Å². The highest BCUT2D eigenvalue weighted by Gasteiger charge is 2.33. The van der Waals surface area contributed by atoms with Crippen molar-refractivity contribution in [2.75, 3.05) is 6.61 Å². The van der Waals surface area contributed by atoms with Crippen LogP contribution in [-0.4, -0.2) is 52.7 Å². The molecule has 0 saturated heterocycles. The molecule has 2 aromatic rings. The van der Waals surface area contributed by atoms with Gasteiger partial charge in [0.05, 0.1) is 18.6 Å². The van der Waals surface area contributed by atoms with Gasteiger partial charge in [0.15, 0.2) is 6.10 Å². The van der Waals surface area contributed by atoms with Gasteiger partial charge in [-0.2, -0.15) is 0 Å². The predicted molar refractivity (Wildman–Crippen MR) is 119 cm³/mol. The molecule has 0 spiro atoms. The molecule has 0 aliphatic carbocycles. The van der Waals surface area contributed by atoms with Crippen molar-refractivity contribution in [1.29, 1.82) is 0 Å². The molecule has 0 unspecified atom stereocenters. The summed E-state index contributed by atoms with van der Waals surface area (Å²) in [4.78, 5) is 48.9. The van der Waals surface area contributed by atoms with Gasteiger partial charge in [0.25, 0.3) is 11.8 Å². The van der Waals surface area contributed by atoms with Gasteiger partial charge in [0, 0.05) is 5.56 Å². The third-order valence-electron chi connectivity index (χ3n) is 4.96. The number of hydrogen-bond donors (Lipinski definition) is 4. The maximum atomic E-state index is 12.8. The summed E-state index contributed by atoms with van der Waals surface area (Å²) in [5.41, 5.74) is 0.786. The van der Waals surface area contributed by atoms with Crippen molar-refractivity contribution in [3.8, 4) is 0 Å². The lowest BCUT2D eigenvalue weighted by Gasteiger charge is -2.26. The van der Waals surface area contributed by atoms with Gasteiger partial charge in [0.2, 0.25) is 0 Å². The molecule has 4 N–H and O–H groups in total. The van der Waals surface area contributed by atoms with E-state index in [-0.39, 0.29) is 13.0 Å². The Morgan fingerprint density at radius 3 is 2.06 bits per heavy atom. The minimum Gasteiger partial charge on any atom is -0.480 e. The zero-order valence-corrected chi connectivity index (χ0v) is 18.4. The Morgan fingerprint density at radius 1 is 0.939 bits per heavy atom. The number of ether oxygens (including phenoxy) is 1. The molecule has 33 heavy (non-hydrogen) atoms. The van der Waals surface area contributed by atoms with E-state index >= 15 is 0 Å². The fourth-order valence-electron chi connectivity index (χ4n) is 3.18. The average Bonchev–Trinajstić information content (AvgIpc) is 2.82. The molecule has 0 bridgehead atoms. The van der Waals surface area contributed by atoms with Crippen LogP contribution in [0.5, 0.6) is 0 Å². The van der Waals surface area contributed by atoms with Crippen molar-refractivity contribution in [3.63, 3.8) is 0 Å². The SMILES string of the molecule is CCOC(=O)[C@H](C)C[C@H](NC(=O)[C@H](O)[C@@H](NC(=O)c1ccccc1)c1ccccc1)C(=O)O. The molecule has 4 atom stereocenters. The van der Waals surface area contributed by atoms with Crippen molar-refractivity contribution in [3.05, 3.63) is 71.8 Å². The van der Waals surface area contributed by atoms with E-state index in [1.54, 1.807) is 67.6 Å². The third kappa shape index (κ3) is 7.43. The molecule has 0 heterocycles. The largest absolute Gasteiger partial charge is 0.480 e. The van der Waals surface area contributed by atoms with Crippen molar-refractivity contribution in [1.82, 2.24) is 10.6 Å². The highest BCUT2D eigenvalue weighted by atomic mass is 16.5. The van der Waals surface area contributed by atoms with Crippen molar-refractivity contribution in [2.24, 2.45) is 5.92 Å². The highest BCUT2D eigenvalue weighted by Crippen LogP contribution is 2.19. The molecule has 2 aromatic carbocycles. The van der Waals surface area contributed by atoms with Crippen molar-refractivity contribution >= 4 is 23.8 Å². The second-order valence-electron chi connectivity index (χ2n) is 7.46. The van der Waals surface area contributed by atoms with Crippen LogP contribution in [0.3, 0.4) is 0 Å². The second kappa shape index (κ2) is 12.4. The maximum Gasteiger partial charge on any atom is 0.326 e. The Morgan fingerprint density at radius 2 is 1.52 bits per heavy atom. The molecule has 0 aliphatic rings. The number of aliphatic carboxylic acids is 1. The van der Waals surface area contributed by atoms with E-state index in [1.165, 1.54) is 6.92 Å². The Balaban J connectivity index is 2.19. The fraction of sp³-hybridized carbons (Fsp3) is 0.333. The summed E-state index contributed by atoms with van der Waals surface area (Å²) >= 11 is 0. The standard InChI is InChI=1S/C24H28N2O7/c1-3-33-24(32)15(2)14-18(23(30)31)25-22(29)20(27)19(16-10-6-4-7-11-16)26-21(28)17-12-8-5-9-13-17/h4-13,15,18-20,27H,3,14H2,1-2H3,(H,25,29)(H,26,28)(H,30,31)/t15-,18+,19+,20-/m1/s1. The van der Waals surface area contributed by atoms with Crippen LogP contribution in [0.25, 0.3) is 0 Å². The van der Waals surface area contributed by atoms with E-state index in [1.807, 2.05) is 0 Å². The van der Waals surface area contributed by atoms with E-state index in [9.17, 15) is 29.4 Å². The average molecular weight is 456 g/mol. The molecular formula is C24H28N2O7. The number of carboxylic acids is 1. The number of aliphatic hydroxyl groups excluding tert-OH is 1. The fourth-order valence-corrected chi connectivity index (χ4v) is 3.18. The smallest absolute Gasteiger partial charge is 0.326 e. The number of carboxylic acid groups (broad SMARTS) is 1. The molecular weight excluding hydrogens is 428 g/mol. The van der Waals surface area contributed by atoms with Crippen LogP contribution in [0.15, 0.2) is 60.7 Å². The molecule has 0 fully saturated rings. The van der Waals surface area contributed by atoms with Crippen LogP contribution in [0.1, 0.15) is 42.2 Å². The Hall–Kier alpha value is -3.72. The molecule has 2 rings (SSSR count). The minimum atomic E-state index is -1.79. The molecule has 0 saturated carbocycles. The van der Waals surface area contributed by atoms with Crippen LogP contribution in [-0.2, 0) is 19.1 Å². The van der Waals surface area contributed by atoms with Crippen molar-refractivity contribution in [2.45, 2.75) is 38.5 Å². The van der Waals surface area contributed by atoms with E-state index in [2.05, 4.69) is 10.6 Å². The Kier molecular flexibility index (Phi) is 9.56. The number of nitrogens with one attached hydrogen (secondary N) is 2. The zero-order valence-electron chi connectivity index (χ0n) is 18.4. The van der Waals surface area contributed by atoms with E-state index < -0.39 is 47.9 Å². The number of amides is 2. The maximum absolute atomic E-state index is 12.8. The number of carbonyl (C=O) groups excluding carboxylic acids is 3. The third-order valence-corrected chi connectivity index (χ3v) is 4.96. The van der Waals surface area contributed by atoms with Gasteiger partial charge in [-0.05, 0) is 31.0 Å². The van der Waals surface area contributed by atoms with Gasteiger partial charge >= 0.3 is 11.9 Å². The van der Waals surface area contributed by atoms with Gasteiger partial charge in [0.1, 0.15) is 6.04 Å². The monoisotopic (exact) mass is 456 g/mol. The van der Waals surface area contributed by atoms with Gasteiger partial charge in [-0.3, -0.25) is 14.4 Å². The highest BCUT2D eigenvalue weighted by molar-refractivity contribution is 5.95. The predicted octanol–water partition coefficient (Wildman–Crippen LogP) is 1.68. The summed E-state index contributed by atoms with van der Waals surface area (Å²) in [6.07, 6.45) is -2.02. The summed E-state index contributed by atoms with van der Waals surface area (Å²) in [5, 5.41) is 25.2. The first-order valence-corrected chi connectivity index (χ1v) is 10.5. The van der Waals surface area contributed by atoms with Gasteiger partial charge in [-0.15, -0.1) is 0 Å². The Labute approximate surface area is 191 Å². The van der Waals surface area contributed by atoms with Crippen LogP contribution in [0.2, 0.25) is 0 Å². The first kappa shape index (κ1) is 25.5. The number of esters is 1. The summed E-state index contributed by atoms with van der Waals surface area (Å²) in [7, 11) is 0. The van der Waals surface area contributed by atoms with Gasteiger partial charge in [-0.1, -0.05) is 55.5 Å². The molecule has 9 heteroatoms. The van der Waals surface area contributed by atoms with E-state index in [4.69, 9.17) is 4.74 Å². The normalized spacial score (nSPS) is 14.3. The summed E-state index contributed by atoms with van der Waals surface area (Å²) in [5.74, 6) is -4.25. The molecule has 176 valence electrons. The number of benzene rings is 2. The second-order valence-corrected chi connectivity index (χ2v) is 7.46. The molecule has 0 radical (unpaired) electrons. The van der Waals surface area contributed by atoms with Crippen LogP contribution in [0.4, 0.5) is 0 Å². The minimum absolute atomic E-state index is 0.145. The topological polar surface area (TPSA) is 142 Å². The number of rotatable bonds is 11. The summed E-state index contributed by atoms with van der Waals surface area (Å²) in [6.45, 7) is 3.26. The molecule has 0 aromatic heterocycles. The first-order chi connectivity index (χ1) is 15.7. The van der Waals surface area contributed by atoms with E-state index in [0.717, 1.165) is 0 Å². The van der Waals surface area contributed by atoms with Crippen LogP contribution in [0, 0.1) is 5.92 Å². The molecule has 2 amide bonds. The van der Waals surface area contributed by atoms with Gasteiger partial charge in [-0.25, -0.2) is 4.79 Å². The van der Waals surface area contributed by atoms with Gasteiger partial charge < -0.3 is 25.6 Å². The molecule has 0 aliphatic heterocycles. The lowest BCUT2D eigenvalue weighted by molar-refractivity contribution is -0.150. The number of hydrogen-bond acceptors (Lipinski definition) is 6. The summed E-state index contributed by atoms with van der Waals surface area (Å²) < 4.78 is 4.88. The van der Waals surface area contributed by atoms with Crippen molar-refractivity contribution < 1.29 is 34.1 Å². The Bertz CT molecular complexity index is 950. The van der Waals surface area contributed by atoms with E-state index in [0.29, 0.717) is 11.1 Å².